The zero-order chi connectivity index (χ0) is 18.9. The number of hydrogen-bond acceptors (Lipinski definition) is 6. The zero-order valence-corrected chi connectivity index (χ0v) is 20.5. The first-order valence-electron chi connectivity index (χ1n) is 9.74. The number of aliphatic imine (C=N–C) groups is 1. The van der Waals surface area contributed by atoms with Crippen molar-refractivity contribution < 1.29 is 4.79 Å². The SMILES string of the molecule is CN=C(NCCCSc1nccs1)N1CCN(CC(=O)N2CCCC2)CC1.I. The Kier molecular flexibility index (Phi) is 10.9. The fraction of sp³-hybridized carbons (Fsp3) is 0.722. The average molecular weight is 539 g/mol. The molecule has 1 aromatic rings. The van der Waals surface area contributed by atoms with Crippen molar-refractivity contribution in [2.45, 2.75) is 23.6 Å². The van der Waals surface area contributed by atoms with E-state index in [1.165, 1.54) is 0 Å². The van der Waals surface area contributed by atoms with Gasteiger partial charge in [-0.25, -0.2) is 4.98 Å². The van der Waals surface area contributed by atoms with Gasteiger partial charge in [0.05, 0.1) is 6.54 Å². The Morgan fingerprint density at radius 2 is 1.96 bits per heavy atom. The summed E-state index contributed by atoms with van der Waals surface area (Å²) in [5, 5.41) is 5.49. The molecule has 28 heavy (non-hydrogen) atoms. The summed E-state index contributed by atoms with van der Waals surface area (Å²) in [6, 6.07) is 0. The van der Waals surface area contributed by atoms with E-state index < -0.39 is 0 Å². The number of nitrogens with zero attached hydrogens (tertiary/aromatic N) is 5. The minimum absolute atomic E-state index is 0. The van der Waals surface area contributed by atoms with E-state index in [4.69, 9.17) is 0 Å². The fourth-order valence-electron chi connectivity index (χ4n) is 3.42. The summed E-state index contributed by atoms with van der Waals surface area (Å²) in [4.78, 5) is 27.6. The van der Waals surface area contributed by atoms with E-state index >= 15 is 0 Å². The second kappa shape index (κ2) is 12.9. The third kappa shape index (κ3) is 7.34. The number of likely N-dealkylation sites (tertiary alicyclic amines) is 1. The first kappa shape index (κ1) is 23.7. The van der Waals surface area contributed by atoms with Gasteiger partial charge in [0, 0.05) is 70.2 Å². The molecule has 2 saturated heterocycles. The monoisotopic (exact) mass is 538 g/mol. The third-order valence-corrected chi connectivity index (χ3v) is 6.99. The Bertz CT molecular complexity index is 601. The highest BCUT2D eigenvalue weighted by Gasteiger charge is 2.24. The maximum atomic E-state index is 12.3. The van der Waals surface area contributed by atoms with Crippen molar-refractivity contribution in [3.05, 3.63) is 11.6 Å². The zero-order valence-electron chi connectivity index (χ0n) is 16.5. The van der Waals surface area contributed by atoms with Gasteiger partial charge in [-0.2, -0.15) is 0 Å². The number of halogens is 1. The summed E-state index contributed by atoms with van der Waals surface area (Å²) in [7, 11) is 1.84. The molecular formula is C18H31IN6OS2. The lowest BCUT2D eigenvalue weighted by Gasteiger charge is -2.36. The Labute approximate surface area is 193 Å². The molecule has 2 fully saturated rings. The van der Waals surface area contributed by atoms with Crippen LogP contribution in [0.1, 0.15) is 19.3 Å². The quantitative estimate of drug-likeness (QED) is 0.189. The number of piperazine rings is 1. The highest BCUT2D eigenvalue weighted by molar-refractivity contribution is 14.0. The van der Waals surface area contributed by atoms with Crippen molar-refractivity contribution in [3.63, 3.8) is 0 Å². The number of thioether (sulfide) groups is 1. The van der Waals surface area contributed by atoms with Crippen LogP contribution in [0.15, 0.2) is 20.9 Å². The first-order valence-corrected chi connectivity index (χ1v) is 11.6. The van der Waals surface area contributed by atoms with Gasteiger partial charge >= 0.3 is 0 Å². The molecule has 1 aromatic heterocycles. The molecule has 7 nitrogen and oxygen atoms in total. The van der Waals surface area contributed by atoms with Gasteiger partial charge in [-0.05, 0) is 19.3 Å². The first-order chi connectivity index (χ1) is 13.3. The third-order valence-electron chi connectivity index (χ3n) is 4.94. The number of carbonyl (C=O) groups excluding carboxylic acids is 1. The van der Waals surface area contributed by atoms with Crippen LogP contribution < -0.4 is 5.32 Å². The smallest absolute Gasteiger partial charge is 0.236 e. The van der Waals surface area contributed by atoms with E-state index in [9.17, 15) is 4.79 Å². The number of carbonyl (C=O) groups is 1. The molecule has 0 atom stereocenters. The second-order valence-electron chi connectivity index (χ2n) is 6.83. The highest BCUT2D eigenvalue weighted by Crippen LogP contribution is 2.20. The van der Waals surface area contributed by atoms with Gasteiger partial charge < -0.3 is 15.1 Å². The Balaban J connectivity index is 0.00000280. The van der Waals surface area contributed by atoms with Crippen molar-refractivity contribution in [2.24, 2.45) is 4.99 Å². The summed E-state index contributed by atoms with van der Waals surface area (Å²) in [5.41, 5.74) is 0. The van der Waals surface area contributed by atoms with Gasteiger partial charge in [0.25, 0.3) is 0 Å². The standard InChI is InChI=1S/C18H30N6OS2.HI/c1-19-17(20-5-4-13-26-18-21-6-14-27-18)24-11-9-22(10-12-24)15-16(25)23-7-2-3-8-23;/h6,14H,2-5,7-13,15H2,1H3,(H,19,20);1H. The topological polar surface area (TPSA) is 64.1 Å². The summed E-state index contributed by atoms with van der Waals surface area (Å²) in [6.07, 6.45) is 5.24. The van der Waals surface area contributed by atoms with E-state index in [1.54, 1.807) is 11.3 Å². The molecule has 158 valence electrons. The second-order valence-corrected chi connectivity index (χ2v) is 9.06. The predicted molar refractivity (Wildman–Crippen MR) is 128 cm³/mol. The van der Waals surface area contributed by atoms with Gasteiger partial charge in [-0.1, -0.05) is 11.8 Å². The van der Waals surface area contributed by atoms with E-state index in [1.807, 2.05) is 35.3 Å². The molecule has 10 heteroatoms. The molecule has 0 aliphatic carbocycles. The van der Waals surface area contributed by atoms with Gasteiger partial charge in [0.1, 0.15) is 4.34 Å². The summed E-state index contributed by atoms with van der Waals surface area (Å²) in [5.74, 6) is 2.32. The number of nitrogens with one attached hydrogen (secondary N) is 1. The minimum Gasteiger partial charge on any atom is -0.356 e. The lowest BCUT2D eigenvalue weighted by atomic mass is 10.3. The van der Waals surface area contributed by atoms with Crippen LogP contribution in [0.3, 0.4) is 0 Å². The lowest BCUT2D eigenvalue weighted by molar-refractivity contribution is -0.131. The Hall–Kier alpha value is -0.590. The molecule has 1 amide bonds. The van der Waals surface area contributed by atoms with Crippen LogP contribution in [0.25, 0.3) is 0 Å². The van der Waals surface area contributed by atoms with E-state index in [-0.39, 0.29) is 24.0 Å². The largest absolute Gasteiger partial charge is 0.356 e. The highest BCUT2D eigenvalue weighted by atomic mass is 127. The van der Waals surface area contributed by atoms with Crippen molar-refractivity contribution in [3.8, 4) is 0 Å². The van der Waals surface area contributed by atoms with Crippen LogP contribution in [0.2, 0.25) is 0 Å². The number of thiazole rings is 1. The van der Waals surface area contributed by atoms with Crippen molar-refractivity contribution in [2.75, 3.05) is 65.2 Å². The lowest BCUT2D eigenvalue weighted by Crippen LogP contribution is -2.54. The molecule has 1 N–H and O–H groups in total. The van der Waals surface area contributed by atoms with Crippen LogP contribution in [0.5, 0.6) is 0 Å². The molecule has 3 heterocycles. The average Bonchev–Trinajstić information content (AvgIpc) is 3.39. The molecular weight excluding hydrogens is 507 g/mol. The maximum Gasteiger partial charge on any atom is 0.236 e. The van der Waals surface area contributed by atoms with E-state index in [2.05, 4.69) is 25.1 Å². The summed E-state index contributed by atoms with van der Waals surface area (Å²) >= 11 is 3.50. The number of hydrogen-bond donors (Lipinski definition) is 1. The van der Waals surface area contributed by atoms with Crippen LogP contribution in [-0.4, -0.2) is 96.7 Å². The minimum atomic E-state index is 0. The van der Waals surface area contributed by atoms with Crippen LogP contribution in [-0.2, 0) is 4.79 Å². The maximum absolute atomic E-state index is 12.3. The number of rotatable bonds is 7. The number of guanidine groups is 1. The van der Waals surface area contributed by atoms with Crippen molar-refractivity contribution in [1.29, 1.82) is 0 Å². The molecule has 0 spiro atoms. The molecule has 2 aliphatic heterocycles. The Morgan fingerprint density at radius 1 is 1.21 bits per heavy atom. The van der Waals surface area contributed by atoms with Gasteiger partial charge in [-0.15, -0.1) is 35.3 Å². The van der Waals surface area contributed by atoms with Crippen LogP contribution in [0, 0.1) is 0 Å². The van der Waals surface area contributed by atoms with Crippen molar-refractivity contribution >= 4 is 58.9 Å². The van der Waals surface area contributed by atoms with E-state index in [0.29, 0.717) is 12.5 Å². The van der Waals surface area contributed by atoms with Crippen LogP contribution in [0.4, 0.5) is 0 Å². The molecule has 0 unspecified atom stereocenters. The number of aromatic nitrogens is 1. The van der Waals surface area contributed by atoms with Gasteiger partial charge in [0.2, 0.25) is 5.91 Å². The molecule has 0 radical (unpaired) electrons. The Morgan fingerprint density at radius 3 is 2.61 bits per heavy atom. The fourth-order valence-corrected chi connectivity index (χ4v) is 5.07. The molecule has 2 aliphatic rings. The molecule has 3 rings (SSSR count). The molecule has 0 bridgehead atoms. The van der Waals surface area contributed by atoms with E-state index in [0.717, 1.165) is 81.1 Å². The predicted octanol–water partition coefficient (Wildman–Crippen LogP) is 2.06. The summed E-state index contributed by atoms with van der Waals surface area (Å²) in [6.45, 7) is 7.03. The summed E-state index contributed by atoms with van der Waals surface area (Å²) < 4.78 is 1.14. The number of amides is 1. The van der Waals surface area contributed by atoms with Gasteiger partial charge in [-0.3, -0.25) is 14.7 Å². The van der Waals surface area contributed by atoms with Crippen LogP contribution >= 0.6 is 47.1 Å². The molecule has 0 aromatic carbocycles. The molecule has 0 saturated carbocycles. The van der Waals surface area contributed by atoms with Gasteiger partial charge in [0.15, 0.2) is 5.96 Å². The van der Waals surface area contributed by atoms with Crippen molar-refractivity contribution in [1.82, 2.24) is 25.0 Å². The normalized spacial score (nSPS) is 18.2.